The van der Waals surface area contributed by atoms with Crippen LogP contribution >= 0.6 is 0 Å². The van der Waals surface area contributed by atoms with Gasteiger partial charge in [-0.25, -0.2) is 14.6 Å². The maximum Gasteiger partial charge on any atom is 0.295 e. The van der Waals surface area contributed by atoms with Crippen molar-refractivity contribution in [3.05, 3.63) is 66.0 Å². The van der Waals surface area contributed by atoms with Crippen LogP contribution in [0.3, 0.4) is 0 Å². The summed E-state index contributed by atoms with van der Waals surface area (Å²) in [6.45, 7) is 4.51. The lowest BCUT2D eigenvalue weighted by atomic mass is 9.89. The highest BCUT2D eigenvalue weighted by Gasteiger charge is 2.32. The number of methoxy groups -OCH3 is 1. The molecule has 1 aliphatic heterocycles. The van der Waals surface area contributed by atoms with Crippen molar-refractivity contribution in [2.24, 2.45) is 5.41 Å². The Labute approximate surface area is 253 Å². The lowest BCUT2D eigenvalue weighted by Gasteiger charge is -2.34. The molecule has 230 valence electrons. The molecule has 14 nitrogen and oxygen atoms in total. The molecular formula is C30H34N8O6. The van der Waals surface area contributed by atoms with E-state index in [1.165, 1.54) is 35.4 Å². The smallest absolute Gasteiger partial charge is 0.295 e. The molecule has 1 aromatic carbocycles. The van der Waals surface area contributed by atoms with Crippen LogP contribution in [0.15, 0.2) is 49.1 Å². The molecule has 1 fully saturated rings. The summed E-state index contributed by atoms with van der Waals surface area (Å²) < 4.78 is 6.88. The molecule has 3 aromatic heterocycles. The molecule has 0 atom stereocenters. The van der Waals surface area contributed by atoms with Crippen LogP contribution in [0.25, 0.3) is 16.7 Å². The number of carbonyl (C=O) groups is 4. The van der Waals surface area contributed by atoms with Crippen molar-refractivity contribution in [3.8, 4) is 11.6 Å². The van der Waals surface area contributed by atoms with Gasteiger partial charge in [-0.05, 0) is 18.6 Å². The molecule has 5 rings (SSSR count). The Kier molecular flexibility index (Phi) is 8.71. The zero-order valence-corrected chi connectivity index (χ0v) is 24.7. The van der Waals surface area contributed by atoms with Crippen molar-refractivity contribution in [3.63, 3.8) is 0 Å². The standard InChI is InChI=1S/C30H34N8O6/c1-30(2,9-14-39)29(43)33-17-22-34-18-38(35-22)26-24-23(21(44-3)16-32-26)20(15-31-24)25(40)28(42)37-12-10-36(11-13-37)27(41)19-7-5-4-6-8-19/h4-8,15-16,18,31,39H,9-14,17H2,1-3H3,(H,33,43). The molecule has 0 saturated carbocycles. The fraction of sp³-hybridized carbons (Fsp3) is 0.367. The number of amides is 3. The van der Waals surface area contributed by atoms with Crippen LogP contribution in [0.4, 0.5) is 0 Å². The van der Waals surface area contributed by atoms with E-state index >= 15 is 0 Å². The summed E-state index contributed by atoms with van der Waals surface area (Å²) in [5, 5.41) is 16.8. The van der Waals surface area contributed by atoms with Crippen LogP contribution in [-0.4, -0.2) is 103 Å². The predicted octanol–water partition coefficient (Wildman–Crippen LogP) is 1.34. The first-order valence-electron chi connectivity index (χ1n) is 14.2. The van der Waals surface area contributed by atoms with Gasteiger partial charge in [0.1, 0.15) is 12.1 Å². The van der Waals surface area contributed by atoms with E-state index in [1.54, 1.807) is 43.0 Å². The first-order valence-corrected chi connectivity index (χ1v) is 14.2. The van der Waals surface area contributed by atoms with Crippen LogP contribution in [-0.2, 0) is 16.1 Å². The Morgan fingerprint density at radius 2 is 1.75 bits per heavy atom. The predicted molar refractivity (Wildman–Crippen MR) is 158 cm³/mol. The number of fused-ring (bicyclic) bond motifs is 1. The Hall–Kier alpha value is -5.11. The molecular weight excluding hydrogens is 568 g/mol. The minimum atomic E-state index is -0.751. The van der Waals surface area contributed by atoms with Gasteiger partial charge in [-0.2, -0.15) is 0 Å². The van der Waals surface area contributed by atoms with Crippen molar-refractivity contribution in [2.75, 3.05) is 39.9 Å². The molecule has 0 aliphatic carbocycles. The minimum absolute atomic E-state index is 0.0627. The number of pyridine rings is 1. The van der Waals surface area contributed by atoms with Gasteiger partial charge < -0.3 is 29.9 Å². The maximum absolute atomic E-state index is 13.5. The Morgan fingerprint density at radius 1 is 1.05 bits per heavy atom. The number of aliphatic hydroxyl groups excluding tert-OH is 1. The average Bonchev–Trinajstić information content (AvgIpc) is 3.71. The monoisotopic (exact) mass is 602 g/mol. The highest BCUT2D eigenvalue weighted by atomic mass is 16.5. The van der Waals surface area contributed by atoms with Crippen molar-refractivity contribution in [1.29, 1.82) is 0 Å². The van der Waals surface area contributed by atoms with E-state index in [1.807, 2.05) is 6.07 Å². The van der Waals surface area contributed by atoms with Gasteiger partial charge in [0.15, 0.2) is 11.6 Å². The van der Waals surface area contributed by atoms with E-state index in [-0.39, 0.29) is 49.4 Å². The van der Waals surface area contributed by atoms with Gasteiger partial charge in [-0.15, -0.1) is 5.10 Å². The number of ketones is 1. The number of carbonyl (C=O) groups excluding carboxylic acids is 4. The second-order valence-corrected chi connectivity index (χ2v) is 11.0. The van der Waals surface area contributed by atoms with Crippen LogP contribution in [0, 0.1) is 5.41 Å². The zero-order chi connectivity index (χ0) is 31.4. The number of nitrogens with zero attached hydrogens (tertiary/aromatic N) is 6. The number of H-pyrrole nitrogens is 1. The molecule has 44 heavy (non-hydrogen) atoms. The summed E-state index contributed by atoms with van der Waals surface area (Å²) in [5.41, 5.74) is 0.346. The number of hydrogen-bond donors (Lipinski definition) is 3. The van der Waals surface area contributed by atoms with Gasteiger partial charge in [-0.3, -0.25) is 19.2 Å². The number of hydrogen-bond acceptors (Lipinski definition) is 9. The fourth-order valence-corrected chi connectivity index (χ4v) is 5.02. The van der Waals surface area contributed by atoms with Crippen molar-refractivity contribution < 1.29 is 29.0 Å². The average molecular weight is 603 g/mol. The minimum Gasteiger partial charge on any atom is -0.494 e. The van der Waals surface area contributed by atoms with Gasteiger partial charge in [-0.1, -0.05) is 32.0 Å². The molecule has 1 aliphatic rings. The summed E-state index contributed by atoms with van der Waals surface area (Å²) in [6.07, 6.45) is 4.61. The maximum atomic E-state index is 13.5. The molecule has 14 heteroatoms. The van der Waals surface area contributed by atoms with E-state index in [2.05, 4.69) is 25.4 Å². The Balaban J connectivity index is 1.31. The molecule has 0 radical (unpaired) electrons. The van der Waals surface area contributed by atoms with Gasteiger partial charge in [0.05, 0.1) is 36.3 Å². The summed E-state index contributed by atoms with van der Waals surface area (Å²) in [7, 11) is 1.44. The van der Waals surface area contributed by atoms with Crippen molar-refractivity contribution >= 4 is 34.4 Å². The highest BCUT2D eigenvalue weighted by Crippen LogP contribution is 2.32. The number of ether oxygens (including phenoxy) is 1. The first-order chi connectivity index (χ1) is 21.1. The van der Waals surface area contributed by atoms with E-state index in [9.17, 15) is 24.3 Å². The summed E-state index contributed by atoms with van der Waals surface area (Å²) in [5.74, 6) is -0.831. The molecule has 0 bridgehead atoms. The summed E-state index contributed by atoms with van der Waals surface area (Å²) in [6, 6.07) is 8.93. The van der Waals surface area contributed by atoms with Gasteiger partial charge in [0, 0.05) is 50.0 Å². The number of rotatable bonds is 10. The molecule has 3 amide bonds. The van der Waals surface area contributed by atoms with Crippen LogP contribution in [0.1, 0.15) is 46.8 Å². The SMILES string of the molecule is COc1cnc(-n2cnc(CNC(=O)C(C)(C)CCO)n2)c2[nH]cc(C(=O)C(=O)N3CCN(C(=O)c4ccccc4)CC3)c12. The van der Waals surface area contributed by atoms with Gasteiger partial charge in [0.25, 0.3) is 17.6 Å². The molecule has 4 heterocycles. The molecule has 0 unspecified atom stereocenters. The topological polar surface area (TPSA) is 176 Å². The third kappa shape index (κ3) is 6.01. The van der Waals surface area contributed by atoms with E-state index < -0.39 is 17.1 Å². The molecule has 1 saturated heterocycles. The summed E-state index contributed by atoms with van der Waals surface area (Å²) >= 11 is 0. The number of nitrogens with one attached hydrogen (secondary N) is 2. The van der Waals surface area contributed by atoms with Crippen molar-refractivity contribution in [2.45, 2.75) is 26.8 Å². The normalized spacial score (nSPS) is 13.6. The Bertz CT molecular complexity index is 1690. The zero-order valence-electron chi connectivity index (χ0n) is 24.7. The second-order valence-electron chi connectivity index (χ2n) is 11.0. The van der Waals surface area contributed by atoms with Gasteiger partial charge in [0.2, 0.25) is 5.91 Å². The lowest BCUT2D eigenvalue weighted by molar-refractivity contribution is -0.130. The molecule has 3 N–H and O–H groups in total. The van der Waals surface area contributed by atoms with Crippen LogP contribution < -0.4 is 10.1 Å². The number of aromatic amines is 1. The molecule has 0 spiro atoms. The van der Waals surface area contributed by atoms with Gasteiger partial charge >= 0.3 is 0 Å². The van der Waals surface area contributed by atoms with E-state index in [4.69, 9.17) is 4.74 Å². The quantitative estimate of drug-likeness (QED) is 0.179. The highest BCUT2D eigenvalue weighted by molar-refractivity contribution is 6.45. The first kappa shape index (κ1) is 30.4. The number of aliphatic hydroxyl groups is 1. The van der Waals surface area contributed by atoms with Crippen molar-refractivity contribution in [1.82, 2.24) is 39.8 Å². The van der Waals surface area contributed by atoms with E-state index in [0.717, 1.165) is 0 Å². The number of aromatic nitrogens is 5. The molecule has 4 aromatic rings. The van der Waals surface area contributed by atoms with Crippen LogP contribution in [0.2, 0.25) is 0 Å². The number of Topliss-reactive ketones (excluding diaryl/α,β-unsaturated/α-hetero) is 1. The second kappa shape index (κ2) is 12.6. The number of benzene rings is 1. The summed E-state index contributed by atoms with van der Waals surface area (Å²) in [4.78, 5) is 66.9. The number of piperazine rings is 1. The largest absolute Gasteiger partial charge is 0.494 e. The van der Waals surface area contributed by atoms with Crippen LogP contribution in [0.5, 0.6) is 5.75 Å². The fourth-order valence-electron chi connectivity index (χ4n) is 5.02. The lowest BCUT2D eigenvalue weighted by Crippen LogP contribution is -2.52. The Morgan fingerprint density at radius 3 is 2.43 bits per heavy atom. The third-order valence-corrected chi connectivity index (χ3v) is 7.70. The van der Waals surface area contributed by atoms with E-state index in [0.29, 0.717) is 47.6 Å². The third-order valence-electron chi connectivity index (χ3n) is 7.70.